The van der Waals surface area contributed by atoms with E-state index in [1.807, 2.05) is 0 Å². The first-order valence-corrected chi connectivity index (χ1v) is 6.83. The summed E-state index contributed by atoms with van der Waals surface area (Å²) in [7, 11) is 0. The van der Waals surface area contributed by atoms with Crippen molar-refractivity contribution in [3.05, 3.63) is 11.6 Å². The maximum atomic E-state index is 10.3. The summed E-state index contributed by atoms with van der Waals surface area (Å²) in [5, 5.41) is 10.3. The van der Waals surface area contributed by atoms with E-state index >= 15 is 0 Å². The molecule has 0 saturated heterocycles. The van der Waals surface area contributed by atoms with Crippen LogP contribution in [-0.2, 0) is 0 Å². The van der Waals surface area contributed by atoms with Crippen molar-refractivity contribution in [3.8, 4) is 0 Å². The van der Waals surface area contributed by atoms with E-state index in [9.17, 15) is 5.11 Å². The van der Waals surface area contributed by atoms with Crippen LogP contribution in [0.25, 0.3) is 0 Å². The lowest BCUT2D eigenvalue weighted by Gasteiger charge is -2.71. The van der Waals surface area contributed by atoms with Crippen molar-refractivity contribution in [1.29, 1.82) is 0 Å². The summed E-state index contributed by atoms with van der Waals surface area (Å²) in [6.07, 6.45) is 4.66. The average Bonchev–Trinajstić information content (AvgIpc) is 2.15. The van der Waals surface area contributed by atoms with E-state index in [-0.39, 0.29) is 6.10 Å². The molecular formula is C15H24O. The Labute approximate surface area is 98.9 Å². The molecule has 0 heterocycles. The maximum Gasteiger partial charge on any atom is 0.0760 e. The lowest BCUT2D eigenvalue weighted by Crippen LogP contribution is -2.67. The first-order valence-electron chi connectivity index (χ1n) is 6.83. The van der Waals surface area contributed by atoms with Gasteiger partial charge in [-0.3, -0.25) is 0 Å². The lowest BCUT2D eigenvalue weighted by molar-refractivity contribution is -0.215. The van der Waals surface area contributed by atoms with E-state index in [1.54, 1.807) is 0 Å². The highest BCUT2D eigenvalue weighted by Gasteiger charge is 2.67. The van der Waals surface area contributed by atoms with Crippen LogP contribution in [-0.4, -0.2) is 11.2 Å². The third-order valence-corrected chi connectivity index (χ3v) is 5.93. The van der Waals surface area contributed by atoms with Gasteiger partial charge in [-0.2, -0.15) is 0 Å². The van der Waals surface area contributed by atoms with Gasteiger partial charge < -0.3 is 5.11 Å². The molecule has 0 radical (unpaired) electrons. The molecule has 2 saturated carbocycles. The van der Waals surface area contributed by atoms with Crippen LogP contribution in [0.2, 0.25) is 0 Å². The van der Waals surface area contributed by atoms with Gasteiger partial charge in [0.15, 0.2) is 0 Å². The number of hydrogen-bond donors (Lipinski definition) is 1. The van der Waals surface area contributed by atoms with Crippen LogP contribution in [0.15, 0.2) is 11.6 Å². The third kappa shape index (κ3) is 1.06. The second kappa shape index (κ2) is 3.13. The first-order chi connectivity index (χ1) is 7.47. The normalized spacial score (nSPS) is 54.6. The summed E-state index contributed by atoms with van der Waals surface area (Å²) in [4.78, 5) is 0. The number of aliphatic hydroxyl groups excluding tert-OH is 1. The van der Waals surface area contributed by atoms with Gasteiger partial charge in [-0.15, -0.1) is 0 Å². The average molecular weight is 220 g/mol. The second-order valence-corrected chi connectivity index (χ2v) is 6.93. The molecule has 90 valence electrons. The molecule has 0 aromatic heterocycles. The molecule has 4 rings (SSSR count). The van der Waals surface area contributed by atoms with Crippen molar-refractivity contribution in [1.82, 2.24) is 0 Å². The van der Waals surface area contributed by atoms with Crippen molar-refractivity contribution in [3.63, 3.8) is 0 Å². The van der Waals surface area contributed by atoms with E-state index in [0.717, 1.165) is 23.7 Å². The number of hydrogen-bond acceptors (Lipinski definition) is 1. The van der Waals surface area contributed by atoms with Crippen molar-refractivity contribution in [2.45, 2.75) is 46.6 Å². The highest BCUT2D eigenvalue weighted by atomic mass is 16.3. The Morgan fingerprint density at radius 3 is 2.69 bits per heavy atom. The van der Waals surface area contributed by atoms with Crippen LogP contribution in [0.1, 0.15) is 40.5 Å². The van der Waals surface area contributed by atoms with Gasteiger partial charge in [0.05, 0.1) is 6.10 Å². The zero-order valence-electron chi connectivity index (χ0n) is 10.9. The van der Waals surface area contributed by atoms with E-state index in [1.165, 1.54) is 18.4 Å². The van der Waals surface area contributed by atoms with Gasteiger partial charge in [-0.25, -0.2) is 0 Å². The predicted octanol–water partition coefficient (Wildman–Crippen LogP) is 3.24. The molecule has 2 unspecified atom stereocenters. The molecule has 1 nitrogen and oxygen atoms in total. The number of aliphatic hydroxyl groups is 1. The topological polar surface area (TPSA) is 20.2 Å². The molecule has 4 aliphatic carbocycles. The van der Waals surface area contributed by atoms with E-state index in [2.05, 4.69) is 33.8 Å². The Morgan fingerprint density at radius 2 is 2.12 bits per heavy atom. The van der Waals surface area contributed by atoms with Gasteiger partial charge in [0, 0.05) is 0 Å². The molecule has 2 fully saturated rings. The van der Waals surface area contributed by atoms with Gasteiger partial charge >= 0.3 is 0 Å². The first kappa shape index (κ1) is 10.8. The van der Waals surface area contributed by atoms with Gasteiger partial charge in [0.1, 0.15) is 0 Å². The van der Waals surface area contributed by atoms with Crippen LogP contribution >= 0.6 is 0 Å². The van der Waals surface area contributed by atoms with Crippen LogP contribution in [0, 0.1) is 35.0 Å². The Hall–Kier alpha value is -0.300. The van der Waals surface area contributed by atoms with Gasteiger partial charge in [-0.1, -0.05) is 32.4 Å². The van der Waals surface area contributed by atoms with Crippen LogP contribution < -0.4 is 0 Å². The van der Waals surface area contributed by atoms with Crippen LogP contribution in [0.5, 0.6) is 0 Å². The van der Waals surface area contributed by atoms with E-state index in [4.69, 9.17) is 0 Å². The number of rotatable bonds is 1. The second-order valence-electron chi connectivity index (χ2n) is 6.93. The fourth-order valence-electron chi connectivity index (χ4n) is 5.38. The fourth-order valence-corrected chi connectivity index (χ4v) is 5.38. The molecule has 6 atom stereocenters. The summed E-state index contributed by atoms with van der Waals surface area (Å²) >= 11 is 0. The zero-order valence-corrected chi connectivity index (χ0v) is 10.9. The maximum absolute atomic E-state index is 10.3. The number of fused-ring (bicyclic) bond motifs is 1. The zero-order chi connectivity index (χ0) is 11.7. The summed E-state index contributed by atoms with van der Waals surface area (Å²) in [6.45, 7) is 9.35. The summed E-state index contributed by atoms with van der Waals surface area (Å²) in [5.41, 5.74) is 1.89. The van der Waals surface area contributed by atoms with E-state index < -0.39 is 0 Å². The minimum Gasteiger partial charge on any atom is -0.389 e. The Kier molecular flexibility index (Phi) is 2.12. The highest BCUT2D eigenvalue weighted by Crippen LogP contribution is 2.71. The smallest absolute Gasteiger partial charge is 0.0760 e. The molecule has 1 N–H and O–H groups in total. The molecule has 0 aromatic carbocycles. The molecule has 4 aliphatic rings. The van der Waals surface area contributed by atoms with E-state index in [0.29, 0.717) is 11.3 Å². The monoisotopic (exact) mass is 220 g/mol. The summed E-state index contributed by atoms with van der Waals surface area (Å²) < 4.78 is 0. The fraction of sp³-hybridized carbons (Fsp3) is 0.867. The molecule has 4 bridgehead atoms. The minimum absolute atomic E-state index is 0.165. The Bertz CT molecular complexity index is 343. The number of allylic oxidation sites excluding steroid dienone is 1. The van der Waals surface area contributed by atoms with Crippen molar-refractivity contribution < 1.29 is 5.11 Å². The predicted molar refractivity (Wildman–Crippen MR) is 65.9 cm³/mol. The molecular weight excluding hydrogens is 196 g/mol. The molecule has 0 aliphatic heterocycles. The molecule has 0 spiro atoms. The van der Waals surface area contributed by atoms with Gasteiger partial charge in [0.2, 0.25) is 0 Å². The molecule has 16 heavy (non-hydrogen) atoms. The quantitative estimate of drug-likeness (QED) is 0.673. The summed E-state index contributed by atoms with van der Waals surface area (Å²) in [6, 6.07) is 0. The standard InChI is InChI=1S/C15H24O/c1-8(2)10-5-6-15(4)13-9(3)7-11(16)14(15)12(10)13/h7-8,10-14,16H,5-6H2,1-4H3/t10-,11+,12-,13?,14+,15?/m1/s1. The van der Waals surface area contributed by atoms with Gasteiger partial charge in [0.25, 0.3) is 0 Å². The van der Waals surface area contributed by atoms with Crippen molar-refractivity contribution in [2.24, 2.45) is 35.0 Å². The Morgan fingerprint density at radius 1 is 1.44 bits per heavy atom. The lowest BCUT2D eigenvalue weighted by atomic mass is 9.34. The van der Waals surface area contributed by atoms with Crippen LogP contribution in [0.4, 0.5) is 0 Å². The van der Waals surface area contributed by atoms with Gasteiger partial charge in [-0.05, 0) is 54.8 Å². The SMILES string of the molecule is CC1=C[C@H](O)[C@H]2[C@H]3C1C2(C)CC[C@@H]3C(C)C. The van der Waals surface area contributed by atoms with Crippen molar-refractivity contribution in [2.75, 3.05) is 0 Å². The molecule has 0 aromatic rings. The minimum atomic E-state index is -0.165. The van der Waals surface area contributed by atoms with Crippen LogP contribution in [0.3, 0.4) is 0 Å². The molecule has 0 amide bonds. The highest BCUT2D eigenvalue weighted by molar-refractivity contribution is 5.31. The third-order valence-electron chi connectivity index (χ3n) is 5.93. The largest absolute Gasteiger partial charge is 0.389 e. The van der Waals surface area contributed by atoms with Crippen molar-refractivity contribution >= 4 is 0 Å². The summed E-state index contributed by atoms with van der Waals surface area (Å²) in [5.74, 6) is 3.73. The Balaban J connectivity index is 1.99. The molecule has 1 heteroatoms.